The average Bonchev–Trinajstić information content (AvgIpc) is 3.49. The minimum absolute atomic E-state index is 0.0676. The van der Waals surface area contributed by atoms with Crippen LogP contribution in [0.5, 0.6) is 0 Å². The molecule has 17 heteroatoms. The Morgan fingerprint density at radius 2 is 1.48 bits per heavy atom. The fourth-order valence-electron chi connectivity index (χ4n) is 10.7. The van der Waals surface area contributed by atoms with Crippen molar-refractivity contribution < 1.29 is 63.4 Å². The van der Waals surface area contributed by atoms with Crippen LogP contribution in [-0.2, 0) is 33.4 Å². The molecule has 0 amide bonds. The highest BCUT2D eigenvalue weighted by Crippen LogP contribution is 2.70. The number of hydrogen-bond donors (Lipinski definition) is 5. The number of aliphatic hydroxyl groups excluding tert-OH is 2. The number of ether oxygens (including phenoxy) is 2. The van der Waals surface area contributed by atoms with Crippen LogP contribution >= 0.6 is 0 Å². The fraction of sp³-hybridized carbons (Fsp3) is 0.743. The maximum absolute atomic E-state index is 16.9. The lowest BCUT2D eigenvalue weighted by atomic mass is 9.44. The molecule has 5 aliphatic heterocycles. The number of hydrogen-bond acceptors (Lipinski definition) is 14. The minimum Gasteiger partial charge on any atom is -0.481 e. The summed E-state index contributed by atoms with van der Waals surface area (Å²) in [6.45, 7) is 11.2. The van der Waals surface area contributed by atoms with E-state index in [0.29, 0.717) is 24.8 Å². The summed E-state index contributed by atoms with van der Waals surface area (Å²) >= 11 is 0. The van der Waals surface area contributed by atoms with E-state index in [-0.39, 0.29) is 18.1 Å². The zero-order valence-corrected chi connectivity index (χ0v) is 29.7. The monoisotopic (exact) mass is 736 g/mol. The molecular weight excluding hydrogens is 687 g/mol. The Kier molecular flexibility index (Phi) is 10.1. The highest BCUT2D eigenvalue weighted by Gasteiger charge is 2.75. The van der Waals surface area contributed by atoms with E-state index in [9.17, 15) is 39.3 Å². The first-order valence-corrected chi connectivity index (χ1v) is 17.6. The Hall–Kier alpha value is -3.16. The Bertz CT molecular complexity index is 1500. The first kappa shape index (κ1) is 38.6. The number of esters is 1. The molecule has 8 atom stereocenters. The molecule has 288 valence electrons. The van der Waals surface area contributed by atoms with E-state index in [1.165, 1.54) is 52.2 Å². The van der Waals surface area contributed by atoms with Crippen LogP contribution in [0.2, 0.25) is 0 Å². The molecule has 16 nitrogen and oxygen atoms in total. The molecule has 0 radical (unpaired) electrons. The summed E-state index contributed by atoms with van der Waals surface area (Å²) in [6, 6.07) is 0. The van der Waals surface area contributed by atoms with Gasteiger partial charge in [-0.15, -0.1) is 0 Å². The molecule has 52 heavy (non-hydrogen) atoms. The molecule has 0 spiro atoms. The van der Waals surface area contributed by atoms with Gasteiger partial charge in [0.05, 0.1) is 59.0 Å². The molecule has 0 unspecified atom stereocenters. The lowest BCUT2D eigenvalue weighted by Crippen LogP contribution is -2.71. The largest absolute Gasteiger partial charge is 0.481 e. The van der Waals surface area contributed by atoms with Crippen LogP contribution in [0.25, 0.3) is 0 Å². The molecule has 5 heterocycles. The molecular formula is C35H49FN4O12. The van der Waals surface area contributed by atoms with E-state index >= 15 is 4.39 Å². The maximum Gasteiger partial charge on any atom is 0.341 e. The quantitative estimate of drug-likeness (QED) is 0.228. The van der Waals surface area contributed by atoms with Gasteiger partial charge in [0, 0.05) is 16.7 Å². The summed E-state index contributed by atoms with van der Waals surface area (Å²) in [7, 11) is 0. The van der Waals surface area contributed by atoms with Gasteiger partial charge in [-0.25, -0.2) is 9.18 Å². The third kappa shape index (κ3) is 6.02. The SMILES string of the molecule is C1N2CN3CN1CN(C2)C3.C[C@@H]1C[C@H]2[C@@H]3CCC4=CC(=O)C=C[C@]4(C)[C@@]3(F)[C@@H](O)C[C@]2(C)[C@@]1(O)C(=O)CO.O=C(O)CC1(CC(=O)O)OCOC1=O. The fourth-order valence-corrected chi connectivity index (χ4v) is 10.7. The number of carbonyl (C=O) groups excluding carboxylic acids is 3. The Morgan fingerprint density at radius 3 is 1.94 bits per heavy atom. The Morgan fingerprint density at radius 1 is 0.942 bits per heavy atom. The molecule has 0 aromatic rings. The number of halogens is 1. The Balaban J connectivity index is 0.000000158. The molecule has 3 saturated carbocycles. The number of cyclic esters (lactones) is 1. The summed E-state index contributed by atoms with van der Waals surface area (Å²) in [5, 5.41) is 48.9. The number of aliphatic hydroxyl groups is 3. The average molecular weight is 737 g/mol. The zero-order valence-electron chi connectivity index (χ0n) is 29.7. The van der Waals surface area contributed by atoms with Gasteiger partial charge < -0.3 is 35.0 Å². The van der Waals surface area contributed by atoms with E-state index in [4.69, 9.17) is 14.9 Å². The van der Waals surface area contributed by atoms with Gasteiger partial charge in [-0.2, -0.15) is 0 Å². The topological polar surface area (TPSA) is 218 Å². The molecule has 8 fully saturated rings. The van der Waals surface area contributed by atoms with E-state index < -0.39 is 95.6 Å². The number of Topliss-reactive ketones (excluding diaryl/α,β-unsaturated/α-hetero) is 1. The minimum atomic E-state index is -1.98. The summed E-state index contributed by atoms with van der Waals surface area (Å²) in [5.74, 6) is -5.69. The van der Waals surface area contributed by atoms with Gasteiger partial charge >= 0.3 is 17.9 Å². The van der Waals surface area contributed by atoms with Crippen molar-refractivity contribution in [2.75, 3.05) is 53.4 Å². The van der Waals surface area contributed by atoms with Crippen molar-refractivity contribution in [3.8, 4) is 0 Å². The summed E-state index contributed by atoms with van der Waals surface area (Å²) in [5.41, 5.74) is -7.03. The highest BCUT2D eigenvalue weighted by atomic mass is 19.1. The zero-order chi connectivity index (χ0) is 38.0. The first-order chi connectivity index (χ1) is 24.3. The van der Waals surface area contributed by atoms with Crippen molar-refractivity contribution in [3.63, 3.8) is 0 Å². The number of allylic oxidation sites excluding steroid dienone is 4. The normalized spacial score (nSPS) is 44.5. The lowest BCUT2D eigenvalue weighted by molar-refractivity contribution is -0.219. The number of carboxylic acid groups (broad SMARTS) is 2. The van der Waals surface area contributed by atoms with Gasteiger partial charge in [-0.3, -0.25) is 38.8 Å². The molecule has 5 N–H and O–H groups in total. The van der Waals surface area contributed by atoms with Crippen LogP contribution in [0.3, 0.4) is 0 Å². The van der Waals surface area contributed by atoms with Crippen molar-refractivity contribution in [1.82, 2.24) is 19.6 Å². The van der Waals surface area contributed by atoms with Crippen molar-refractivity contribution >= 4 is 29.5 Å². The van der Waals surface area contributed by atoms with E-state index in [1.54, 1.807) is 26.8 Å². The number of nitrogens with zero attached hydrogens (tertiary/aromatic N) is 4. The number of aliphatic carboxylic acids is 2. The molecule has 0 aromatic carbocycles. The Labute approximate surface area is 300 Å². The van der Waals surface area contributed by atoms with Crippen molar-refractivity contribution in [2.45, 2.75) is 82.3 Å². The van der Waals surface area contributed by atoms with Crippen LogP contribution in [0.4, 0.5) is 4.39 Å². The van der Waals surface area contributed by atoms with Crippen molar-refractivity contribution in [2.24, 2.45) is 28.6 Å². The predicted octanol–water partition coefficient (Wildman–Crippen LogP) is 0.0814. The summed E-state index contributed by atoms with van der Waals surface area (Å²) < 4.78 is 26.0. The van der Waals surface area contributed by atoms with Gasteiger partial charge in [0.2, 0.25) is 0 Å². The van der Waals surface area contributed by atoms with Gasteiger partial charge in [0.25, 0.3) is 0 Å². The smallest absolute Gasteiger partial charge is 0.341 e. The van der Waals surface area contributed by atoms with Gasteiger partial charge in [0.1, 0.15) is 12.2 Å². The van der Waals surface area contributed by atoms with Crippen molar-refractivity contribution in [3.05, 3.63) is 23.8 Å². The van der Waals surface area contributed by atoms with Crippen LogP contribution in [0.1, 0.15) is 59.3 Å². The highest BCUT2D eigenvalue weighted by molar-refractivity contribution is 6.01. The number of fused-ring (bicyclic) bond motifs is 5. The van der Waals surface area contributed by atoms with Gasteiger partial charge in [0.15, 0.2) is 29.6 Å². The van der Waals surface area contributed by atoms with Gasteiger partial charge in [-0.05, 0) is 56.6 Å². The summed E-state index contributed by atoms with van der Waals surface area (Å²) in [4.78, 5) is 66.2. The second kappa shape index (κ2) is 13.6. The van der Waals surface area contributed by atoms with E-state index in [2.05, 4.69) is 24.3 Å². The van der Waals surface area contributed by atoms with Crippen LogP contribution < -0.4 is 0 Å². The van der Waals surface area contributed by atoms with Crippen LogP contribution in [0, 0.1) is 28.6 Å². The molecule has 9 aliphatic rings. The van der Waals surface area contributed by atoms with Crippen LogP contribution in [-0.4, -0.2) is 151 Å². The predicted molar refractivity (Wildman–Crippen MR) is 176 cm³/mol. The molecule has 4 aliphatic carbocycles. The third-order valence-corrected chi connectivity index (χ3v) is 13.0. The van der Waals surface area contributed by atoms with E-state index in [0.717, 1.165) is 0 Å². The lowest BCUT2D eigenvalue weighted by Gasteiger charge is -2.62. The number of alkyl halides is 1. The molecule has 4 bridgehead atoms. The number of carbonyl (C=O) groups is 5. The molecule has 0 aromatic heterocycles. The first-order valence-electron chi connectivity index (χ1n) is 17.6. The second-order valence-electron chi connectivity index (χ2n) is 16.1. The number of ketones is 2. The van der Waals surface area contributed by atoms with Crippen molar-refractivity contribution in [1.29, 1.82) is 0 Å². The molecule has 5 saturated heterocycles. The van der Waals surface area contributed by atoms with Gasteiger partial charge in [-0.1, -0.05) is 25.5 Å². The third-order valence-electron chi connectivity index (χ3n) is 13.0. The summed E-state index contributed by atoms with van der Waals surface area (Å²) in [6.07, 6.45) is 3.02. The van der Waals surface area contributed by atoms with Crippen LogP contribution in [0.15, 0.2) is 23.8 Å². The van der Waals surface area contributed by atoms with E-state index in [1.807, 2.05) is 0 Å². The standard InChI is InChI=1S/C22H29FO5.C7H8O7.C6H12N4/c1-12-8-16-15-5-4-13-9-14(25)6-7-19(13,2)21(15,23)17(26)10-20(16,3)22(12,28)18(27)11-24;8-4(9)1-7(2-5(10)11)6(12)13-3-14-7;1-7-2-9-4-8(1)5-10(3-7)6-9/h6-7,9,12,15-17,24,26,28H,4-5,8,10-11H2,1-3H3;1-3H2,(H,8,9)(H,10,11);1-6H2/t12-,15+,16+,17+,19+,20+,21+,22+;;/m1../s1. The number of rotatable bonds is 6. The second-order valence-corrected chi connectivity index (χ2v) is 16.1. The molecule has 9 rings (SSSR count). The number of carboxylic acids is 2. The maximum atomic E-state index is 16.9.